The Kier molecular flexibility index (Phi) is 11.6. The standard InChI is InChI=1S/C31H33NO8/c1-4-38-29(33)18-24(26-19-25(36-2)15-16-28(26)37-3)17-27(30(34)39-20-22-11-7-5-8-12-22)32-31(35)40-21-23-13-9-6-10-14-23/h5-16,18-19,27H,4,17,20-21H2,1-3H3,(H,32,35)/b24-18+/t27-/m0/s1. The minimum absolute atomic E-state index is 0.00365. The topological polar surface area (TPSA) is 109 Å². The van der Waals surface area contributed by atoms with Gasteiger partial charge in [-0.25, -0.2) is 14.4 Å². The first kappa shape index (κ1) is 29.8. The van der Waals surface area contributed by atoms with E-state index in [2.05, 4.69) is 5.32 Å². The molecule has 3 aromatic rings. The molecular formula is C31H33NO8. The highest BCUT2D eigenvalue weighted by atomic mass is 16.6. The molecule has 0 aliphatic rings. The van der Waals surface area contributed by atoms with Crippen LogP contribution in [0.5, 0.6) is 11.5 Å². The van der Waals surface area contributed by atoms with Gasteiger partial charge < -0.3 is 29.0 Å². The van der Waals surface area contributed by atoms with Gasteiger partial charge in [-0.15, -0.1) is 0 Å². The van der Waals surface area contributed by atoms with Crippen molar-refractivity contribution < 1.29 is 38.1 Å². The Bertz CT molecular complexity index is 1290. The maximum absolute atomic E-state index is 13.3. The number of carbonyl (C=O) groups excluding carboxylic acids is 3. The average Bonchev–Trinajstić information content (AvgIpc) is 2.98. The van der Waals surface area contributed by atoms with Crippen molar-refractivity contribution in [2.45, 2.75) is 32.6 Å². The van der Waals surface area contributed by atoms with E-state index in [1.165, 1.54) is 20.3 Å². The van der Waals surface area contributed by atoms with E-state index in [0.29, 0.717) is 22.6 Å². The molecule has 1 atom stereocenters. The fraction of sp³-hybridized carbons (Fsp3) is 0.258. The summed E-state index contributed by atoms with van der Waals surface area (Å²) in [7, 11) is 2.99. The molecule has 40 heavy (non-hydrogen) atoms. The molecule has 0 heterocycles. The summed E-state index contributed by atoms with van der Waals surface area (Å²) in [6, 6.07) is 22.1. The van der Waals surface area contributed by atoms with Gasteiger partial charge in [0.1, 0.15) is 30.8 Å². The molecule has 0 radical (unpaired) electrons. The van der Waals surface area contributed by atoms with Crippen LogP contribution in [0.25, 0.3) is 5.57 Å². The highest BCUT2D eigenvalue weighted by molar-refractivity contribution is 5.94. The lowest BCUT2D eigenvalue weighted by Gasteiger charge is -2.21. The van der Waals surface area contributed by atoms with Crippen LogP contribution in [0.2, 0.25) is 0 Å². The third-order valence-corrected chi connectivity index (χ3v) is 5.77. The van der Waals surface area contributed by atoms with Crippen LogP contribution < -0.4 is 14.8 Å². The van der Waals surface area contributed by atoms with Crippen LogP contribution in [0, 0.1) is 0 Å². The Morgan fingerprint density at radius 2 is 1.43 bits per heavy atom. The maximum Gasteiger partial charge on any atom is 0.408 e. The van der Waals surface area contributed by atoms with Crippen molar-refractivity contribution in [1.82, 2.24) is 5.32 Å². The van der Waals surface area contributed by atoms with Crippen LogP contribution in [0.3, 0.4) is 0 Å². The molecule has 0 unspecified atom stereocenters. The molecule has 0 aliphatic carbocycles. The summed E-state index contributed by atoms with van der Waals surface area (Å²) in [6.07, 6.45) is 0.310. The predicted molar refractivity (Wildman–Crippen MR) is 149 cm³/mol. The van der Waals surface area contributed by atoms with E-state index in [1.54, 1.807) is 25.1 Å². The second-order valence-corrected chi connectivity index (χ2v) is 8.54. The van der Waals surface area contributed by atoms with Crippen molar-refractivity contribution >= 4 is 23.6 Å². The Balaban J connectivity index is 1.89. The molecule has 0 aliphatic heterocycles. The predicted octanol–water partition coefficient (Wildman–Crippen LogP) is 5.08. The minimum atomic E-state index is -1.21. The van der Waals surface area contributed by atoms with Gasteiger partial charge in [-0.05, 0) is 41.8 Å². The zero-order chi connectivity index (χ0) is 28.7. The minimum Gasteiger partial charge on any atom is -0.497 e. The number of nitrogens with one attached hydrogen (secondary N) is 1. The van der Waals surface area contributed by atoms with E-state index >= 15 is 0 Å². The highest BCUT2D eigenvalue weighted by Crippen LogP contribution is 2.33. The highest BCUT2D eigenvalue weighted by Gasteiger charge is 2.27. The van der Waals surface area contributed by atoms with Gasteiger partial charge in [0.2, 0.25) is 0 Å². The number of rotatable bonds is 13. The average molecular weight is 548 g/mol. The summed E-state index contributed by atoms with van der Waals surface area (Å²) < 4.78 is 26.9. The van der Waals surface area contributed by atoms with Crippen molar-refractivity contribution in [2.75, 3.05) is 20.8 Å². The molecule has 0 aromatic heterocycles. The van der Waals surface area contributed by atoms with Gasteiger partial charge in [0.25, 0.3) is 0 Å². The smallest absolute Gasteiger partial charge is 0.408 e. The fourth-order valence-electron chi connectivity index (χ4n) is 3.79. The second-order valence-electron chi connectivity index (χ2n) is 8.54. The van der Waals surface area contributed by atoms with E-state index in [1.807, 2.05) is 60.7 Å². The summed E-state index contributed by atoms with van der Waals surface area (Å²) in [4.78, 5) is 38.6. The van der Waals surface area contributed by atoms with E-state index in [-0.39, 0.29) is 26.2 Å². The number of esters is 2. The lowest BCUT2D eigenvalue weighted by Crippen LogP contribution is -2.42. The number of ether oxygens (including phenoxy) is 5. The first-order valence-corrected chi connectivity index (χ1v) is 12.7. The zero-order valence-corrected chi connectivity index (χ0v) is 22.8. The van der Waals surface area contributed by atoms with Crippen LogP contribution in [-0.4, -0.2) is 44.9 Å². The fourth-order valence-corrected chi connectivity index (χ4v) is 3.79. The maximum atomic E-state index is 13.3. The van der Waals surface area contributed by atoms with Crippen molar-refractivity contribution in [2.24, 2.45) is 0 Å². The molecule has 9 heteroatoms. The molecule has 1 N–H and O–H groups in total. The number of alkyl carbamates (subject to hydrolysis) is 1. The van der Waals surface area contributed by atoms with Gasteiger partial charge in [-0.1, -0.05) is 60.7 Å². The molecule has 210 valence electrons. The van der Waals surface area contributed by atoms with Gasteiger partial charge >= 0.3 is 18.0 Å². The number of carbonyl (C=O) groups is 3. The van der Waals surface area contributed by atoms with Gasteiger partial charge in [0.15, 0.2) is 0 Å². The monoisotopic (exact) mass is 547 g/mol. The van der Waals surface area contributed by atoms with E-state index in [4.69, 9.17) is 23.7 Å². The number of amides is 1. The number of hydrogen-bond acceptors (Lipinski definition) is 8. The number of hydrogen-bond donors (Lipinski definition) is 1. The summed E-state index contributed by atoms with van der Waals surface area (Å²) in [6.45, 7) is 1.85. The van der Waals surface area contributed by atoms with E-state index in [9.17, 15) is 14.4 Å². The Labute approximate surface area is 233 Å². The summed E-state index contributed by atoms with van der Waals surface area (Å²) in [5.74, 6) is -0.397. The molecular weight excluding hydrogens is 514 g/mol. The SMILES string of the molecule is CCOC(=O)/C=C(\C[C@H](NC(=O)OCc1ccccc1)C(=O)OCc1ccccc1)c1cc(OC)ccc1OC. The van der Waals surface area contributed by atoms with Crippen molar-refractivity contribution in [3.05, 3.63) is 102 Å². The Morgan fingerprint density at radius 1 is 0.800 bits per heavy atom. The molecule has 3 rings (SSSR count). The number of methoxy groups -OCH3 is 2. The van der Waals surface area contributed by atoms with Crippen LogP contribution >= 0.6 is 0 Å². The quantitative estimate of drug-likeness (QED) is 0.179. The third-order valence-electron chi connectivity index (χ3n) is 5.77. The zero-order valence-electron chi connectivity index (χ0n) is 22.8. The first-order valence-electron chi connectivity index (χ1n) is 12.7. The van der Waals surface area contributed by atoms with Gasteiger partial charge in [-0.2, -0.15) is 0 Å². The summed E-state index contributed by atoms with van der Waals surface area (Å²) in [5, 5.41) is 2.59. The van der Waals surface area contributed by atoms with Gasteiger partial charge in [-0.3, -0.25) is 0 Å². The molecule has 0 bridgehead atoms. The van der Waals surface area contributed by atoms with Gasteiger partial charge in [0.05, 0.1) is 20.8 Å². The van der Waals surface area contributed by atoms with E-state index < -0.39 is 24.1 Å². The Hall–Kier alpha value is -4.79. The lowest BCUT2D eigenvalue weighted by molar-refractivity contribution is -0.147. The van der Waals surface area contributed by atoms with Gasteiger partial charge in [0, 0.05) is 18.1 Å². The van der Waals surface area contributed by atoms with Crippen LogP contribution in [0.1, 0.15) is 30.0 Å². The van der Waals surface area contributed by atoms with Crippen molar-refractivity contribution in [1.29, 1.82) is 0 Å². The second kappa shape index (κ2) is 15.6. The number of benzene rings is 3. The molecule has 3 aromatic carbocycles. The molecule has 0 spiro atoms. The molecule has 9 nitrogen and oxygen atoms in total. The normalized spacial score (nSPS) is 11.6. The van der Waals surface area contributed by atoms with Crippen LogP contribution in [0.15, 0.2) is 84.9 Å². The summed E-state index contributed by atoms with van der Waals surface area (Å²) in [5.41, 5.74) is 2.40. The third kappa shape index (κ3) is 9.20. The lowest BCUT2D eigenvalue weighted by atomic mass is 9.96. The van der Waals surface area contributed by atoms with Crippen LogP contribution in [-0.2, 0) is 37.0 Å². The van der Waals surface area contributed by atoms with Crippen molar-refractivity contribution in [3.8, 4) is 11.5 Å². The van der Waals surface area contributed by atoms with E-state index in [0.717, 1.165) is 11.1 Å². The molecule has 0 saturated carbocycles. The molecule has 1 amide bonds. The summed E-state index contributed by atoms with van der Waals surface area (Å²) >= 11 is 0. The molecule has 0 fully saturated rings. The van der Waals surface area contributed by atoms with Crippen LogP contribution in [0.4, 0.5) is 4.79 Å². The molecule has 0 saturated heterocycles. The first-order chi connectivity index (χ1) is 19.4. The Morgan fingerprint density at radius 3 is 2.00 bits per heavy atom. The van der Waals surface area contributed by atoms with Crippen molar-refractivity contribution in [3.63, 3.8) is 0 Å². The largest absolute Gasteiger partial charge is 0.497 e.